The van der Waals surface area contributed by atoms with Gasteiger partial charge in [-0.1, -0.05) is 23.7 Å². The highest BCUT2D eigenvalue weighted by atomic mass is 35.5. The molecule has 3 aromatic rings. The fourth-order valence-electron chi connectivity index (χ4n) is 2.98. The first kappa shape index (κ1) is 23.6. The van der Waals surface area contributed by atoms with Crippen molar-refractivity contribution < 1.29 is 22.4 Å². The zero-order valence-corrected chi connectivity index (χ0v) is 17.9. The number of amides is 2. The second kappa shape index (κ2) is 8.79. The Hall–Kier alpha value is -3.11. The normalized spacial score (nSPS) is 12.0. The van der Waals surface area contributed by atoms with Gasteiger partial charge in [-0.05, 0) is 50.2 Å². The van der Waals surface area contributed by atoms with Gasteiger partial charge in [0.1, 0.15) is 5.82 Å². The minimum Gasteiger partial charge on any atom is -0.332 e. The van der Waals surface area contributed by atoms with Crippen molar-refractivity contribution in [3.05, 3.63) is 76.3 Å². The summed E-state index contributed by atoms with van der Waals surface area (Å²) in [5, 5.41) is 8.79. The molecule has 0 aliphatic carbocycles. The van der Waals surface area contributed by atoms with Crippen molar-refractivity contribution in [1.29, 1.82) is 0 Å². The van der Waals surface area contributed by atoms with Crippen LogP contribution < -0.4 is 16.4 Å². The van der Waals surface area contributed by atoms with Crippen LogP contribution in [0.15, 0.2) is 48.5 Å². The molecular formula is C21H20ClF4N5O. The van der Waals surface area contributed by atoms with Crippen molar-refractivity contribution in [2.24, 2.45) is 5.73 Å². The van der Waals surface area contributed by atoms with Crippen LogP contribution in [0.3, 0.4) is 0 Å². The molecule has 0 saturated heterocycles. The number of alkyl halides is 3. The Bertz CT molecular complexity index is 1140. The highest BCUT2D eigenvalue weighted by Crippen LogP contribution is 2.30. The average Bonchev–Trinajstić information content (AvgIpc) is 3.10. The molecule has 1 heterocycles. The topological polar surface area (TPSA) is 85.0 Å². The van der Waals surface area contributed by atoms with Crippen LogP contribution in [0.5, 0.6) is 0 Å². The van der Waals surface area contributed by atoms with Crippen LogP contribution in [0.4, 0.5) is 28.0 Å². The number of rotatable bonds is 5. The number of benzene rings is 2. The molecule has 0 aliphatic rings. The number of hydrogen-bond acceptors (Lipinski definition) is 3. The third-order valence-electron chi connectivity index (χ3n) is 4.48. The van der Waals surface area contributed by atoms with E-state index in [0.29, 0.717) is 10.7 Å². The first-order valence-corrected chi connectivity index (χ1v) is 9.78. The minimum absolute atomic E-state index is 0.0705. The number of carbonyl (C=O) groups is 1. The highest BCUT2D eigenvalue weighted by molar-refractivity contribution is 6.30. The van der Waals surface area contributed by atoms with E-state index in [9.17, 15) is 22.4 Å². The van der Waals surface area contributed by atoms with Gasteiger partial charge in [-0.15, -0.1) is 0 Å². The Morgan fingerprint density at radius 2 is 1.88 bits per heavy atom. The molecule has 11 heteroatoms. The van der Waals surface area contributed by atoms with Crippen LogP contribution in [0.25, 0.3) is 5.69 Å². The lowest BCUT2D eigenvalue weighted by atomic mass is 9.95. The third-order valence-corrected chi connectivity index (χ3v) is 4.71. The van der Waals surface area contributed by atoms with E-state index >= 15 is 0 Å². The van der Waals surface area contributed by atoms with Crippen LogP contribution in [0.2, 0.25) is 5.02 Å². The number of nitrogens with two attached hydrogens (primary N) is 1. The molecule has 0 unspecified atom stereocenters. The van der Waals surface area contributed by atoms with E-state index < -0.39 is 29.3 Å². The molecule has 2 aromatic carbocycles. The summed E-state index contributed by atoms with van der Waals surface area (Å²) in [5.41, 5.74) is 4.67. The average molecular weight is 470 g/mol. The number of anilines is 1. The molecule has 0 spiro atoms. The maximum atomic E-state index is 14.3. The van der Waals surface area contributed by atoms with E-state index in [0.717, 1.165) is 16.8 Å². The van der Waals surface area contributed by atoms with Crippen molar-refractivity contribution in [3.8, 4) is 5.69 Å². The van der Waals surface area contributed by atoms with Gasteiger partial charge in [0.15, 0.2) is 5.69 Å². The first-order valence-electron chi connectivity index (χ1n) is 9.40. The van der Waals surface area contributed by atoms with E-state index in [-0.39, 0.29) is 23.5 Å². The number of aromatic nitrogens is 2. The van der Waals surface area contributed by atoms with Crippen LogP contribution >= 0.6 is 11.6 Å². The Morgan fingerprint density at radius 1 is 1.16 bits per heavy atom. The number of urea groups is 1. The monoisotopic (exact) mass is 469 g/mol. The van der Waals surface area contributed by atoms with Crippen LogP contribution in [0.1, 0.15) is 30.8 Å². The van der Waals surface area contributed by atoms with Crippen molar-refractivity contribution >= 4 is 23.3 Å². The first-order chi connectivity index (χ1) is 14.8. The number of nitrogens with zero attached hydrogens (tertiary/aromatic N) is 2. The van der Waals surface area contributed by atoms with Gasteiger partial charge in [-0.25, -0.2) is 13.9 Å². The molecule has 170 valence electrons. The summed E-state index contributed by atoms with van der Waals surface area (Å²) in [6.45, 7) is 3.00. The molecule has 2 amide bonds. The zero-order valence-electron chi connectivity index (χ0n) is 17.1. The summed E-state index contributed by atoms with van der Waals surface area (Å²) >= 11 is 5.93. The second-order valence-corrected chi connectivity index (χ2v) is 8.07. The summed E-state index contributed by atoms with van der Waals surface area (Å²) in [6, 6.07) is 10.3. The fourth-order valence-corrected chi connectivity index (χ4v) is 3.16. The molecule has 0 radical (unpaired) electrons. The Balaban J connectivity index is 1.77. The van der Waals surface area contributed by atoms with Gasteiger partial charge in [-0.3, -0.25) is 0 Å². The number of hydrogen-bond donors (Lipinski definition) is 3. The Kier molecular flexibility index (Phi) is 6.47. The van der Waals surface area contributed by atoms with Crippen LogP contribution in [-0.4, -0.2) is 15.8 Å². The molecule has 4 N–H and O–H groups in total. The fraction of sp³-hybridized carbons (Fsp3) is 0.238. The maximum Gasteiger partial charge on any atom is 0.435 e. The van der Waals surface area contributed by atoms with Crippen molar-refractivity contribution in [2.45, 2.75) is 32.1 Å². The van der Waals surface area contributed by atoms with Gasteiger partial charge in [0.05, 0.1) is 17.9 Å². The lowest BCUT2D eigenvalue weighted by Crippen LogP contribution is -2.31. The molecule has 6 nitrogen and oxygen atoms in total. The number of carbonyl (C=O) groups excluding carboxylic acids is 1. The van der Waals surface area contributed by atoms with Gasteiger partial charge < -0.3 is 16.4 Å². The third kappa shape index (κ3) is 5.57. The molecule has 3 rings (SSSR count). The van der Waals surface area contributed by atoms with Crippen molar-refractivity contribution in [1.82, 2.24) is 15.1 Å². The molecule has 32 heavy (non-hydrogen) atoms. The Morgan fingerprint density at radius 3 is 2.47 bits per heavy atom. The SMILES string of the molecule is CC(C)(N)c1ccc(NC(=O)NCc2cc(C(F)(F)F)nn2-c2cccc(Cl)c2)cc1F. The molecule has 0 bridgehead atoms. The standard InChI is InChI=1S/C21H20ClF4N5O/c1-20(2,27)16-7-6-13(9-17(16)23)29-19(32)28-11-15-10-18(21(24,25)26)30-31(15)14-5-3-4-12(22)8-14/h3-10H,11,27H2,1-2H3,(H2,28,29,32). The lowest BCUT2D eigenvalue weighted by molar-refractivity contribution is -0.141. The highest BCUT2D eigenvalue weighted by Gasteiger charge is 2.35. The molecule has 0 saturated carbocycles. The largest absolute Gasteiger partial charge is 0.435 e. The summed E-state index contributed by atoms with van der Waals surface area (Å²) in [4.78, 5) is 12.2. The Labute approximate surface area is 186 Å². The minimum atomic E-state index is -4.67. The summed E-state index contributed by atoms with van der Waals surface area (Å²) in [6.07, 6.45) is -4.67. The van der Waals surface area contributed by atoms with Gasteiger partial charge in [0.2, 0.25) is 0 Å². The molecular weight excluding hydrogens is 450 g/mol. The smallest absolute Gasteiger partial charge is 0.332 e. The summed E-state index contributed by atoms with van der Waals surface area (Å²) in [5.74, 6) is -0.593. The van der Waals surface area contributed by atoms with Crippen molar-refractivity contribution in [3.63, 3.8) is 0 Å². The van der Waals surface area contributed by atoms with Gasteiger partial charge in [0, 0.05) is 21.8 Å². The van der Waals surface area contributed by atoms with E-state index in [2.05, 4.69) is 15.7 Å². The predicted molar refractivity (Wildman–Crippen MR) is 113 cm³/mol. The maximum absolute atomic E-state index is 14.3. The predicted octanol–water partition coefficient (Wildman–Crippen LogP) is 5.20. The van der Waals surface area contributed by atoms with E-state index in [4.69, 9.17) is 17.3 Å². The van der Waals surface area contributed by atoms with Crippen molar-refractivity contribution in [2.75, 3.05) is 5.32 Å². The molecule has 1 aromatic heterocycles. The van der Waals surface area contributed by atoms with Crippen LogP contribution in [-0.2, 0) is 18.3 Å². The number of halogens is 5. The molecule has 0 aliphatic heterocycles. The second-order valence-electron chi connectivity index (χ2n) is 7.63. The van der Waals surface area contributed by atoms with E-state index in [1.54, 1.807) is 26.0 Å². The number of nitrogens with one attached hydrogen (secondary N) is 2. The van der Waals surface area contributed by atoms with Gasteiger partial charge in [0.25, 0.3) is 0 Å². The van der Waals surface area contributed by atoms with Gasteiger partial charge >= 0.3 is 12.2 Å². The van der Waals surface area contributed by atoms with Crippen LogP contribution in [0, 0.1) is 5.82 Å². The molecule has 0 fully saturated rings. The molecule has 0 atom stereocenters. The van der Waals surface area contributed by atoms with Gasteiger partial charge in [-0.2, -0.15) is 18.3 Å². The summed E-state index contributed by atoms with van der Waals surface area (Å²) < 4.78 is 54.8. The van der Waals surface area contributed by atoms with E-state index in [1.165, 1.54) is 24.3 Å². The zero-order chi connectivity index (χ0) is 23.7. The lowest BCUT2D eigenvalue weighted by Gasteiger charge is -2.20. The van der Waals surface area contributed by atoms with E-state index in [1.807, 2.05) is 0 Å². The quantitative estimate of drug-likeness (QED) is 0.449. The summed E-state index contributed by atoms with van der Waals surface area (Å²) in [7, 11) is 0.